The van der Waals surface area contributed by atoms with Crippen LogP contribution in [0.5, 0.6) is 0 Å². The van der Waals surface area contributed by atoms with Crippen molar-refractivity contribution in [3.05, 3.63) is 50.1 Å². The fourth-order valence-electron chi connectivity index (χ4n) is 1.89. The highest BCUT2D eigenvalue weighted by atomic mass is 79.9. The molecule has 2 N–H and O–H groups in total. The Hall–Kier alpha value is -0.730. The van der Waals surface area contributed by atoms with Crippen molar-refractivity contribution in [1.29, 1.82) is 0 Å². The lowest BCUT2D eigenvalue weighted by Gasteiger charge is -2.10. The molecule has 0 radical (unpaired) electrons. The molecule has 114 valence electrons. The second kappa shape index (κ2) is 7.02. The average Bonchev–Trinajstić information content (AvgIpc) is 2.82. The molecule has 0 bridgehead atoms. The van der Waals surface area contributed by atoms with Crippen LogP contribution in [0.2, 0.25) is 0 Å². The molecule has 4 nitrogen and oxygen atoms in total. The third kappa shape index (κ3) is 4.14. The maximum absolute atomic E-state index is 12.4. The van der Waals surface area contributed by atoms with Gasteiger partial charge in [-0.05, 0) is 69.5 Å². The summed E-state index contributed by atoms with van der Waals surface area (Å²) in [5, 5.41) is 7.00. The van der Waals surface area contributed by atoms with E-state index in [1.165, 1.54) is 0 Å². The maximum atomic E-state index is 12.4. The Bertz CT molecular complexity index is 726. The van der Waals surface area contributed by atoms with Crippen LogP contribution in [0.3, 0.4) is 0 Å². The first-order chi connectivity index (χ1) is 9.94. The van der Waals surface area contributed by atoms with E-state index in [0.29, 0.717) is 17.6 Å². The van der Waals surface area contributed by atoms with Crippen LogP contribution >= 0.6 is 27.3 Å². The fraction of sp³-hybridized carbons (Fsp3) is 0.286. The summed E-state index contributed by atoms with van der Waals surface area (Å²) in [6.45, 7) is 2.98. The van der Waals surface area contributed by atoms with Gasteiger partial charge in [0.15, 0.2) is 0 Å². The summed E-state index contributed by atoms with van der Waals surface area (Å²) < 4.78 is 28.0. The summed E-state index contributed by atoms with van der Waals surface area (Å²) in [6, 6.07) is 5.26. The van der Waals surface area contributed by atoms with Crippen LogP contribution in [0, 0.1) is 6.92 Å². The van der Waals surface area contributed by atoms with Gasteiger partial charge in [-0.1, -0.05) is 6.07 Å². The molecule has 7 heteroatoms. The van der Waals surface area contributed by atoms with Crippen molar-refractivity contribution in [2.45, 2.75) is 24.9 Å². The van der Waals surface area contributed by atoms with Crippen LogP contribution in [0.4, 0.5) is 0 Å². The average molecular weight is 389 g/mol. The van der Waals surface area contributed by atoms with Crippen molar-refractivity contribution in [2.75, 3.05) is 7.05 Å². The van der Waals surface area contributed by atoms with Gasteiger partial charge in [-0.15, -0.1) is 0 Å². The molecule has 0 aliphatic carbocycles. The lowest BCUT2D eigenvalue weighted by molar-refractivity contribution is 0.580. The molecule has 0 saturated heterocycles. The van der Waals surface area contributed by atoms with E-state index in [2.05, 4.69) is 26.0 Å². The molecule has 0 aliphatic rings. The van der Waals surface area contributed by atoms with Crippen LogP contribution in [0.25, 0.3) is 0 Å². The number of hydrogen-bond donors (Lipinski definition) is 2. The quantitative estimate of drug-likeness (QED) is 0.799. The number of hydrogen-bond acceptors (Lipinski definition) is 4. The summed E-state index contributed by atoms with van der Waals surface area (Å²) in [5.74, 6) is 0. The second-order valence-electron chi connectivity index (χ2n) is 4.70. The van der Waals surface area contributed by atoms with Gasteiger partial charge in [0.2, 0.25) is 10.0 Å². The van der Waals surface area contributed by atoms with Crippen LogP contribution in [0.1, 0.15) is 16.7 Å². The number of rotatable bonds is 6. The lowest BCUT2D eigenvalue weighted by Crippen LogP contribution is -2.23. The summed E-state index contributed by atoms with van der Waals surface area (Å²) in [5.41, 5.74) is 3.13. The zero-order valence-corrected chi connectivity index (χ0v) is 15.0. The highest BCUT2D eigenvalue weighted by Crippen LogP contribution is 2.24. The van der Waals surface area contributed by atoms with Gasteiger partial charge in [0.1, 0.15) is 0 Å². The second-order valence-corrected chi connectivity index (χ2v) is 8.03. The zero-order chi connectivity index (χ0) is 15.5. The smallest absolute Gasteiger partial charge is 0.241 e. The summed E-state index contributed by atoms with van der Waals surface area (Å²) in [6.07, 6.45) is 0. The number of nitrogens with one attached hydrogen (secondary N) is 2. The minimum atomic E-state index is -3.53. The van der Waals surface area contributed by atoms with Crippen molar-refractivity contribution in [1.82, 2.24) is 10.0 Å². The summed E-state index contributed by atoms with van der Waals surface area (Å²) in [4.78, 5) is 0.259. The minimum Gasteiger partial charge on any atom is -0.316 e. The first kappa shape index (κ1) is 16.6. The number of halogens is 1. The van der Waals surface area contributed by atoms with Crippen molar-refractivity contribution in [3.8, 4) is 0 Å². The third-order valence-electron chi connectivity index (χ3n) is 3.08. The molecule has 21 heavy (non-hydrogen) atoms. The van der Waals surface area contributed by atoms with Gasteiger partial charge in [-0.25, -0.2) is 13.1 Å². The first-order valence-corrected chi connectivity index (χ1v) is 9.60. The Morgan fingerprint density at radius 2 is 2.00 bits per heavy atom. The standard InChI is InChI=1S/C14H17BrN2O2S2/c1-10-8-20-9-12(10)7-17-21(18,19)14-4-3-11(6-16-2)5-13(14)15/h3-5,8-9,16-17H,6-7H2,1-2H3. The minimum absolute atomic E-state index is 0.259. The van der Waals surface area contributed by atoms with Gasteiger partial charge in [0.05, 0.1) is 4.90 Å². The van der Waals surface area contributed by atoms with Crippen molar-refractivity contribution >= 4 is 37.3 Å². The Kier molecular flexibility index (Phi) is 5.56. The largest absolute Gasteiger partial charge is 0.316 e. The molecule has 1 aromatic heterocycles. The normalized spacial score (nSPS) is 11.8. The van der Waals surface area contributed by atoms with Crippen LogP contribution in [-0.4, -0.2) is 15.5 Å². The molecule has 0 aliphatic heterocycles. The third-order valence-corrected chi connectivity index (χ3v) is 6.37. The molecular weight excluding hydrogens is 372 g/mol. The number of benzene rings is 1. The van der Waals surface area contributed by atoms with Gasteiger partial charge in [-0.3, -0.25) is 0 Å². The van der Waals surface area contributed by atoms with Gasteiger partial charge in [0, 0.05) is 17.6 Å². The van der Waals surface area contributed by atoms with Crippen molar-refractivity contribution < 1.29 is 8.42 Å². The molecule has 0 unspecified atom stereocenters. The molecule has 1 heterocycles. The molecule has 0 atom stereocenters. The van der Waals surface area contributed by atoms with E-state index in [9.17, 15) is 8.42 Å². The highest BCUT2D eigenvalue weighted by molar-refractivity contribution is 9.10. The van der Waals surface area contributed by atoms with E-state index in [4.69, 9.17) is 0 Å². The summed E-state index contributed by atoms with van der Waals surface area (Å²) in [7, 11) is -1.68. The van der Waals surface area contributed by atoms with Crippen molar-refractivity contribution in [3.63, 3.8) is 0 Å². The van der Waals surface area contributed by atoms with Crippen LogP contribution < -0.4 is 10.0 Å². The predicted molar refractivity (Wildman–Crippen MR) is 90.0 cm³/mol. The Balaban J connectivity index is 2.17. The number of aryl methyl sites for hydroxylation is 1. The first-order valence-electron chi connectivity index (χ1n) is 6.38. The van der Waals surface area contributed by atoms with E-state index in [1.807, 2.05) is 36.9 Å². The van der Waals surface area contributed by atoms with Crippen LogP contribution in [-0.2, 0) is 23.1 Å². The molecule has 0 saturated carbocycles. The molecule has 1 aromatic carbocycles. The SMILES string of the molecule is CNCc1ccc(S(=O)(=O)NCc2cscc2C)c(Br)c1. The van der Waals surface area contributed by atoms with E-state index < -0.39 is 10.0 Å². The number of sulfonamides is 1. The topological polar surface area (TPSA) is 58.2 Å². The van der Waals surface area contributed by atoms with Crippen LogP contribution in [0.15, 0.2) is 38.3 Å². The van der Waals surface area contributed by atoms with E-state index in [-0.39, 0.29) is 4.90 Å². The molecule has 0 spiro atoms. The summed E-state index contributed by atoms with van der Waals surface area (Å²) >= 11 is 4.91. The fourth-order valence-corrected chi connectivity index (χ4v) is 4.88. The van der Waals surface area contributed by atoms with Gasteiger partial charge >= 0.3 is 0 Å². The predicted octanol–water partition coefficient (Wildman–Crippen LogP) is 3.02. The van der Waals surface area contributed by atoms with E-state index in [0.717, 1.165) is 16.7 Å². The molecular formula is C14H17BrN2O2S2. The highest BCUT2D eigenvalue weighted by Gasteiger charge is 2.18. The van der Waals surface area contributed by atoms with E-state index in [1.54, 1.807) is 17.4 Å². The van der Waals surface area contributed by atoms with Gasteiger partial charge < -0.3 is 5.32 Å². The van der Waals surface area contributed by atoms with Gasteiger partial charge in [-0.2, -0.15) is 11.3 Å². The van der Waals surface area contributed by atoms with Gasteiger partial charge in [0.25, 0.3) is 0 Å². The number of thiophene rings is 1. The maximum Gasteiger partial charge on any atom is 0.241 e. The molecule has 2 rings (SSSR count). The Labute approximate surface area is 137 Å². The molecule has 0 fully saturated rings. The zero-order valence-electron chi connectivity index (χ0n) is 11.8. The lowest BCUT2D eigenvalue weighted by atomic mass is 10.2. The van der Waals surface area contributed by atoms with E-state index >= 15 is 0 Å². The monoisotopic (exact) mass is 388 g/mol. The molecule has 2 aromatic rings. The van der Waals surface area contributed by atoms with Crippen molar-refractivity contribution in [2.24, 2.45) is 0 Å². The molecule has 0 amide bonds. The Morgan fingerprint density at radius 1 is 1.24 bits per heavy atom. The Morgan fingerprint density at radius 3 is 2.57 bits per heavy atom.